The average Bonchev–Trinajstić information content (AvgIpc) is 2.75. The van der Waals surface area contributed by atoms with Crippen LogP contribution in [0.1, 0.15) is 28.4 Å². The van der Waals surface area contributed by atoms with E-state index in [1.54, 1.807) is 0 Å². The molecular weight excluding hydrogens is 364 g/mol. The van der Waals surface area contributed by atoms with Crippen LogP contribution in [0.3, 0.4) is 0 Å². The normalized spacial score (nSPS) is 15.2. The van der Waals surface area contributed by atoms with E-state index in [0.717, 1.165) is 50.5 Å². The molecule has 1 heterocycles. The molecule has 2 aromatic rings. The largest absolute Gasteiger partial charge is 0.379 e. The first-order valence-corrected chi connectivity index (χ1v) is 10.2. The summed E-state index contributed by atoms with van der Waals surface area (Å²) in [6.07, 6.45) is 0.899. The van der Waals surface area contributed by atoms with E-state index in [2.05, 4.69) is 33.5 Å². The van der Waals surface area contributed by atoms with Crippen LogP contribution in [0.4, 0.5) is 5.69 Å². The van der Waals surface area contributed by atoms with Crippen LogP contribution in [0.25, 0.3) is 0 Å². The van der Waals surface area contributed by atoms with Crippen LogP contribution < -0.4 is 10.6 Å². The molecule has 0 bridgehead atoms. The van der Waals surface area contributed by atoms with Gasteiger partial charge in [-0.05, 0) is 37.1 Å². The number of anilines is 1. The van der Waals surface area contributed by atoms with Crippen LogP contribution >= 0.6 is 0 Å². The van der Waals surface area contributed by atoms with Gasteiger partial charge in [0.25, 0.3) is 5.91 Å². The molecule has 0 unspecified atom stereocenters. The van der Waals surface area contributed by atoms with Crippen molar-refractivity contribution in [2.75, 3.05) is 44.7 Å². The van der Waals surface area contributed by atoms with Crippen molar-refractivity contribution in [3.05, 3.63) is 65.2 Å². The molecule has 1 amide bonds. The number of carbonyl (C=O) groups is 1. The molecule has 0 radical (unpaired) electrons. The predicted molar refractivity (Wildman–Crippen MR) is 118 cm³/mol. The Hall–Kier alpha value is -2.70. The van der Waals surface area contributed by atoms with Gasteiger partial charge >= 0.3 is 0 Å². The molecule has 0 spiro atoms. The molecule has 1 fully saturated rings. The molecule has 6 nitrogen and oxygen atoms in total. The fraction of sp³-hybridized carbons (Fsp3) is 0.391. The number of hydrogen-bond donors (Lipinski definition) is 2. The van der Waals surface area contributed by atoms with Gasteiger partial charge < -0.3 is 10.1 Å². The number of nitrogens with zero attached hydrogens (tertiary/aromatic N) is 2. The highest BCUT2D eigenvalue weighted by Gasteiger charge is 2.12. The van der Waals surface area contributed by atoms with E-state index < -0.39 is 0 Å². The Morgan fingerprint density at radius 3 is 2.69 bits per heavy atom. The molecule has 6 heteroatoms. The summed E-state index contributed by atoms with van der Waals surface area (Å²) in [7, 11) is 0. The Labute approximate surface area is 173 Å². The van der Waals surface area contributed by atoms with Crippen molar-refractivity contribution in [3.8, 4) is 0 Å². The third-order valence-corrected chi connectivity index (χ3v) is 4.95. The molecule has 29 heavy (non-hydrogen) atoms. The van der Waals surface area contributed by atoms with Crippen molar-refractivity contribution >= 4 is 17.6 Å². The zero-order chi connectivity index (χ0) is 20.5. The van der Waals surface area contributed by atoms with Crippen LogP contribution in [0.15, 0.2) is 53.5 Å². The Morgan fingerprint density at radius 2 is 1.93 bits per heavy atom. The second kappa shape index (κ2) is 10.7. The first-order chi connectivity index (χ1) is 14.2. The average molecular weight is 395 g/mol. The number of hydrogen-bond acceptors (Lipinski definition) is 4. The summed E-state index contributed by atoms with van der Waals surface area (Å²) in [4.78, 5) is 19.8. The first-order valence-electron chi connectivity index (χ1n) is 10.2. The summed E-state index contributed by atoms with van der Waals surface area (Å²) in [5.74, 6) is 0.311. The summed E-state index contributed by atoms with van der Waals surface area (Å²) >= 11 is 0. The van der Waals surface area contributed by atoms with E-state index in [1.807, 2.05) is 49.4 Å². The van der Waals surface area contributed by atoms with Crippen molar-refractivity contribution in [2.24, 2.45) is 4.99 Å². The number of ether oxygens (including phenoxy) is 1. The van der Waals surface area contributed by atoms with E-state index in [1.165, 1.54) is 5.56 Å². The lowest BCUT2D eigenvalue weighted by atomic mass is 10.1. The van der Waals surface area contributed by atoms with Crippen LogP contribution in [-0.2, 0) is 11.2 Å². The van der Waals surface area contributed by atoms with Crippen LogP contribution in [0.2, 0.25) is 0 Å². The van der Waals surface area contributed by atoms with Gasteiger partial charge in [0, 0.05) is 30.9 Å². The Bertz CT molecular complexity index is 844. The van der Waals surface area contributed by atoms with E-state index in [4.69, 9.17) is 4.74 Å². The highest BCUT2D eigenvalue weighted by molar-refractivity contribution is 6.10. The van der Waals surface area contributed by atoms with Crippen LogP contribution in [-0.4, -0.2) is 56.2 Å². The van der Waals surface area contributed by atoms with Crippen molar-refractivity contribution in [3.63, 3.8) is 0 Å². The fourth-order valence-corrected chi connectivity index (χ4v) is 3.28. The monoisotopic (exact) mass is 394 g/mol. The Balaban J connectivity index is 1.72. The van der Waals surface area contributed by atoms with E-state index >= 15 is 0 Å². The maximum atomic E-state index is 12.8. The summed E-state index contributed by atoms with van der Waals surface area (Å²) in [5.41, 5.74) is 3.81. The number of benzene rings is 2. The summed E-state index contributed by atoms with van der Waals surface area (Å²) in [5, 5.41) is 6.28. The Kier molecular flexibility index (Phi) is 7.78. The quantitative estimate of drug-likeness (QED) is 0.584. The van der Waals surface area contributed by atoms with Gasteiger partial charge in [-0.1, -0.05) is 42.8 Å². The van der Waals surface area contributed by atoms with Gasteiger partial charge in [-0.15, -0.1) is 0 Å². The number of rotatable bonds is 6. The molecular formula is C23H30N4O2. The zero-order valence-electron chi connectivity index (χ0n) is 17.3. The second-order valence-corrected chi connectivity index (χ2v) is 7.14. The van der Waals surface area contributed by atoms with Gasteiger partial charge in [-0.25, -0.2) is 0 Å². The van der Waals surface area contributed by atoms with E-state index in [-0.39, 0.29) is 5.91 Å². The molecule has 0 aromatic heterocycles. The number of para-hydroxylation sites is 1. The van der Waals surface area contributed by atoms with Gasteiger partial charge in [0.2, 0.25) is 5.96 Å². The number of aliphatic imine (C=N–C) groups is 1. The highest BCUT2D eigenvalue weighted by atomic mass is 16.5. The first kappa shape index (κ1) is 21.0. The SMILES string of the molecule is CCc1ccccc1NC(=NCCN1CCOCC1)NC(=O)c1cccc(C)c1. The minimum atomic E-state index is -0.166. The van der Waals surface area contributed by atoms with Crippen LogP contribution in [0.5, 0.6) is 0 Å². The zero-order valence-corrected chi connectivity index (χ0v) is 17.3. The standard InChI is InChI=1S/C23H30N4O2/c1-3-19-8-4-5-10-21(19)25-23(24-11-12-27-13-15-29-16-14-27)26-22(28)20-9-6-7-18(2)17-20/h4-10,17H,3,11-16H2,1-2H3,(H2,24,25,26,28). The van der Waals surface area contributed by atoms with Gasteiger partial charge in [0.1, 0.15) is 0 Å². The third-order valence-electron chi connectivity index (χ3n) is 4.95. The number of carbonyl (C=O) groups excluding carboxylic acids is 1. The van der Waals surface area contributed by atoms with Gasteiger partial charge in [-0.3, -0.25) is 20.0 Å². The number of guanidine groups is 1. The van der Waals surface area contributed by atoms with Gasteiger partial charge in [0.15, 0.2) is 0 Å². The van der Waals surface area contributed by atoms with Crippen molar-refractivity contribution in [2.45, 2.75) is 20.3 Å². The highest BCUT2D eigenvalue weighted by Crippen LogP contribution is 2.15. The molecule has 1 saturated heterocycles. The number of aryl methyl sites for hydroxylation is 2. The van der Waals surface area contributed by atoms with E-state index in [0.29, 0.717) is 18.1 Å². The fourth-order valence-electron chi connectivity index (χ4n) is 3.28. The smallest absolute Gasteiger partial charge is 0.257 e. The minimum Gasteiger partial charge on any atom is -0.379 e. The summed E-state index contributed by atoms with van der Waals surface area (Å²) < 4.78 is 5.40. The molecule has 0 aliphatic carbocycles. The molecule has 1 aliphatic heterocycles. The van der Waals surface area contributed by atoms with Crippen molar-refractivity contribution in [1.82, 2.24) is 10.2 Å². The van der Waals surface area contributed by atoms with Crippen molar-refractivity contribution in [1.29, 1.82) is 0 Å². The lowest BCUT2D eigenvalue weighted by molar-refractivity contribution is 0.0394. The molecule has 1 aliphatic rings. The summed E-state index contributed by atoms with van der Waals surface area (Å²) in [6, 6.07) is 15.6. The second-order valence-electron chi connectivity index (χ2n) is 7.14. The number of amides is 1. The van der Waals surface area contributed by atoms with Gasteiger partial charge in [0.05, 0.1) is 19.8 Å². The minimum absolute atomic E-state index is 0.166. The molecule has 3 rings (SSSR count). The molecule has 154 valence electrons. The number of morpholine rings is 1. The predicted octanol–water partition coefficient (Wildman–Crippen LogP) is 3.09. The van der Waals surface area contributed by atoms with E-state index in [9.17, 15) is 4.79 Å². The maximum absolute atomic E-state index is 12.8. The number of nitrogens with one attached hydrogen (secondary N) is 2. The Morgan fingerprint density at radius 1 is 1.14 bits per heavy atom. The lowest BCUT2D eigenvalue weighted by Crippen LogP contribution is -2.39. The van der Waals surface area contributed by atoms with Gasteiger partial charge in [-0.2, -0.15) is 0 Å². The third kappa shape index (κ3) is 6.41. The lowest BCUT2D eigenvalue weighted by Gasteiger charge is -2.25. The summed E-state index contributed by atoms with van der Waals surface area (Å²) in [6.45, 7) is 8.91. The molecule has 2 N–H and O–H groups in total. The van der Waals surface area contributed by atoms with Crippen molar-refractivity contribution < 1.29 is 9.53 Å². The maximum Gasteiger partial charge on any atom is 0.257 e. The topological polar surface area (TPSA) is 66.0 Å². The molecule has 0 saturated carbocycles. The molecule has 0 atom stereocenters. The van der Waals surface area contributed by atoms with Crippen LogP contribution in [0, 0.1) is 6.92 Å². The molecule has 2 aromatic carbocycles.